The average Bonchev–Trinajstić information content (AvgIpc) is 3.35. The van der Waals surface area contributed by atoms with E-state index in [0.29, 0.717) is 39.4 Å². The highest BCUT2D eigenvalue weighted by Gasteiger charge is 2.23. The third-order valence-electron chi connectivity index (χ3n) is 4.98. The number of ether oxygens (including phenoxy) is 1. The zero-order valence-electron chi connectivity index (χ0n) is 16.3. The molecule has 146 valence electrons. The van der Waals surface area contributed by atoms with Gasteiger partial charge in [0, 0.05) is 0 Å². The molecule has 1 N–H and O–H groups in total. The maximum Gasteiger partial charge on any atom is 0.285 e. The van der Waals surface area contributed by atoms with Crippen molar-refractivity contribution in [2.75, 3.05) is 7.11 Å². The van der Waals surface area contributed by atoms with Crippen LogP contribution < -0.4 is 10.3 Å². The maximum absolute atomic E-state index is 13.4. The first kappa shape index (κ1) is 17.8. The minimum atomic E-state index is -0.346. The Kier molecular flexibility index (Phi) is 3.93. The van der Waals surface area contributed by atoms with Crippen LogP contribution in [0.5, 0.6) is 5.75 Å². The van der Waals surface area contributed by atoms with Gasteiger partial charge >= 0.3 is 0 Å². The fourth-order valence-electron chi connectivity index (χ4n) is 3.60. The molecule has 0 aliphatic carbocycles. The molecule has 30 heavy (non-hydrogen) atoms. The summed E-state index contributed by atoms with van der Waals surface area (Å²) in [6.07, 6.45) is 5.70. The summed E-state index contributed by atoms with van der Waals surface area (Å²) in [7, 11) is 1.56. The normalized spacial score (nSPS) is 11.1. The second-order valence-corrected chi connectivity index (χ2v) is 6.73. The zero-order valence-corrected chi connectivity index (χ0v) is 16.3. The summed E-state index contributed by atoms with van der Waals surface area (Å²) in [4.78, 5) is 22.6. The average molecular weight is 396 g/mol. The van der Waals surface area contributed by atoms with E-state index in [1.54, 1.807) is 32.2 Å². The lowest BCUT2D eigenvalue weighted by Gasteiger charge is -2.03. The molecular formula is C23H16N4O3. The van der Waals surface area contributed by atoms with Gasteiger partial charge in [-0.1, -0.05) is 42.3 Å². The number of nitrogens with zero attached hydrogens (tertiary/aromatic N) is 3. The molecule has 0 radical (unpaired) electrons. The number of fused-ring (bicyclic) bond motifs is 2. The number of benzene rings is 2. The van der Waals surface area contributed by atoms with Crippen molar-refractivity contribution >= 4 is 16.7 Å². The number of aryl methyl sites for hydroxylation is 1. The highest BCUT2D eigenvalue weighted by atomic mass is 16.5. The van der Waals surface area contributed by atoms with Crippen LogP contribution in [0.4, 0.5) is 0 Å². The minimum Gasteiger partial charge on any atom is -0.494 e. The van der Waals surface area contributed by atoms with Crippen molar-refractivity contribution < 1.29 is 9.15 Å². The number of hydrogen-bond acceptors (Lipinski definition) is 5. The molecule has 3 heterocycles. The molecule has 0 unspecified atom stereocenters. The van der Waals surface area contributed by atoms with Gasteiger partial charge in [-0.05, 0) is 24.6 Å². The van der Waals surface area contributed by atoms with Gasteiger partial charge in [-0.15, -0.1) is 6.42 Å². The molecule has 0 spiro atoms. The number of aromatic amines is 1. The molecule has 0 amide bonds. The molecule has 7 heteroatoms. The predicted octanol–water partition coefficient (Wildman–Crippen LogP) is 3.80. The topological polar surface area (TPSA) is 85.4 Å². The molecule has 0 bridgehead atoms. The lowest BCUT2D eigenvalue weighted by atomic mass is 10.1. The number of rotatable bonds is 3. The van der Waals surface area contributed by atoms with E-state index >= 15 is 0 Å². The van der Waals surface area contributed by atoms with Gasteiger partial charge in [-0.25, -0.2) is 9.97 Å². The number of hydrogen-bond donors (Lipinski definition) is 1. The molecule has 7 nitrogen and oxygen atoms in total. The maximum atomic E-state index is 13.4. The molecule has 0 fully saturated rings. The van der Waals surface area contributed by atoms with E-state index in [9.17, 15) is 4.79 Å². The van der Waals surface area contributed by atoms with Crippen LogP contribution >= 0.6 is 0 Å². The fraction of sp³-hybridized carbons (Fsp3) is 0.0870. The van der Waals surface area contributed by atoms with Crippen molar-refractivity contribution in [2.24, 2.45) is 0 Å². The number of nitrogens with one attached hydrogen (secondary N) is 1. The number of terminal acetylenes is 1. The van der Waals surface area contributed by atoms with Gasteiger partial charge in [0.15, 0.2) is 16.7 Å². The van der Waals surface area contributed by atoms with E-state index in [1.165, 1.54) is 4.52 Å². The first-order valence-corrected chi connectivity index (χ1v) is 9.23. The Morgan fingerprint density at radius 1 is 1.10 bits per heavy atom. The Balaban J connectivity index is 1.80. The van der Waals surface area contributed by atoms with Crippen molar-refractivity contribution in [3.8, 4) is 40.7 Å². The van der Waals surface area contributed by atoms with Crippen molar-refractivity contribution in [1.29, 1.82) is 0 Å². The Bertz CT molecular complexity index is 1520. The van der Waals surface area contributed by atoms with E-state index in [4.69, 9.17) is 15.6 Å². The number of H-pyrrole nitrogens is 1. The number of aromatic nitrogens is 4. The second kappa shape index (κ2) is 6.64. The van der Waals surface area contributed by atoms with Crippen molar-refractivity contribution in [3.05, 3.63) is 70.3 Å². The Morgan fingerprint density at radius 2 is 1.90 bits per heavy atom. The highest BCUT2D eigenvalue weighted by Crippen LogP contribution is 2.31. The van der Waals surface area contributed by atoms with E-state index in [2.05, 4.69) is 21.0 Å². The second-order valence-electron chi connectivity index (χ2n) is 6.73. The first-order chi connectivity index (χ1) is 14.6. The van der Waals surface area contributed by atoms with Crippen molar-refractivity contribution in [3.63, 3.8) is 0 Å². The fourth-order valence-corrected chi connectivity index (χ4v) is 3.60. The Hall–Kier alpha value is -4.31. The summed E-state index contributed by atoms with van der Waals surface area (Å²) in [5.41, 5.74) is 3.96. The lowest BCUT2D eigenvalue weighted by molar-refractivity contribution is 0.419. The summed E-state index contributed by atoms with van der Waals surface area (Å²) in [5, 5.41) is 2.99. The molecule has 5 rings (SSSR count). The van der Waals surface area contributed by atoms with Crippen LogP contribution in [-0.4, -0.2) is 26.7 Å². The SMILES string of the molecule is C#Cc1[nH]n2c(=O)c(-c3nc4c(OC)cccc4o3)c(C)nc2c1-c1ccccc1. The van der Waals surface area contributed by atoms with Crippen LogP contribution in [0.3, 0.4) is 0 Å². The van der Waals surface area contributed by atoms with Gasteiger partial charge in [-0.2, -0.15) is 4.52 Å². The smallest absolute Gasteiger partial charge is 0.285 e. The van der Waals surface area contributed by atoms with Gasteiger partial charge in [0.25, 0.3) is 5.56 Å². The molecular weight excluding hydrogens is 380 g/mol. The summed E-state index contributed by atoms with van der Waals surface area (Å²) < 4.78 is 12.5. The highest BCUT2D eigenvalue weighted by molar-refractivity contribution is 5.84. The van der Waals surface area contributed by atoms with Crippen molar-refractivity contribution in [1.82, 2.24) is 19.6 Å². The van der Waals surface area contributed by atoms with Crippen LogP contribution in [0.1, 0.15) is 11.4 Å². The summed E-state index contributed by atoms with van der Waals surface area (Å²) in [5.74, 6) is 3.36. The standard InChI is InChI=1S/C23H16N4O3/c1-4-15-19(14-9-6-5-7-10-14)21-24-13(2)18(23(28)27(21)26-15)22-25-20-16(29-3)11-8-12-17(20)30-22/h1,5-12,26H,2-3H3. The van der Waals surface area contributed by atoms with Gasteiger partial charge < -0.3 is 9.15 Å². The predicted molar refractivity (Wildman–Crippen MR) is 113 cm³/mol. The number of oxazole rings is 1. The van der Waals surface area contributed by atoms with Gasteiger partial charge in [-0.3, -0.25) is 9.89 Å². The van der Waals surface area contributed by atoms with E-state index in [1.807, 2.05) is 30.3 Å². The van der Waals surface area contributed by atoms with Gasteiger partial charge in [0.2, 0.25) is 5.89 Å². The zero-order chi connectivity index (χ0) is 20.8. The number of methoxy groups -OCH3 is 1. The number of para-hydroxylation sites is 1. The van der Waals surface area contributed by atoms with Crippen LogP contribution in [0, 0.1) is 19.3 Å². The monoisotopic (exact) mass is 396 g/mol. The molecule has 0 aliphatic heterocycles. The minimum absolute atomic E-state index is 0.178. The summed E-state index contributed by atoms with van der Waals surface area (Å²) in [6, 6.07) is 14.9. The summed E-state index contributed by atoms with van der Waals surface area (Å²) >= 11 is 0. The third-order valence-corrected chi connectivity index (χ3v) is 4.98. The molecule has 0 saturated heterocycles. The van der Waals surface area contributed by atoms with Gasteiger partial charge in [0.1, 0.15) is 17.0 Å². The molecule has 0 aliphatic rings. The van der Waals surface area contributed by atoms with Crippen LogP contribution in [0.25, 0.3) is 39.3 Å². The van der Waals surface area contributed by atoms with Crippen LogP contribution in [0.2, 0.25) is 0 Å². The molecule has 5 aromatic rings. The van der Waals surface area contributed by atoms with Crippen LogP contribution in [-0.2, 0) is 0 Å². The largest absolute Gasteiger partial charge is 0.494 e. The Morgan fingerprint density at radius 3 is 2.63 bits per heavy atom. The molecule has 0 saturated carbocycles. The van der Waals surface area contributed by atoms with E-state index in [0.717, 1.165) is 5.56 Å². The van der Waals surface area contributed by atoms with E-state index < -0.39 is 0 Å². The van der Waals surface area contributed by atoms with Crippen LogP contribution in [0.15, 0.2) is 57.7 Å². The quantitative estimate of drug-likeness (QED) is 0.469. The molecule has 2 aromatic carbocycles. The molecule has 3 aromatic heterocycles. The first-order valence-electron chi connectivity index (χ1n) is 9.23. The molecule has 0 atom stereocenters. The van der Waals surface area contributed by atoms with Gasteiger partial charge in [0.05, 0.1) is 18.4 Å². The lowest BCUT2D eigenvalue weighted by Crippen LogP contribution is -2.19. The van der Waals surface area contributed by atoms with E-state index in [-0.39, 0.29) is 17.0 Å². The third kappa shape index (κ3) is 2.51. The summed E-state index contributed by atoms with van der Waals surface area (Å²) in [6.45, 7) is 1.75. The van der Waals surface area contributed by atoms with Crippen molar-refractivity contribution in [2.45, 2.75) is 6.92 Å². The Labute approximate surface area is 171 Å².